The second-order valence-corrected chi connectivity index (χ2v) is 9.62. The molecule has 6 heteroatoms. The van der Waals surface area contributed by atoms with Crippen LogP contribution in [0.25, 0.3) is 0 Å². The minimum absolute atomic E-state index is 0.0586. The van der Waals surface area contributed by atoms with Gasteiger partial charge in [0.15, 0.2) is 0 Å². The van der Waals surface area contributed by atoms with Crippen molar-refractivity contribution in [2.24, 2.45) is 5.92 Å². The van der Waals surface area contributed by atoms with Crippen LogP contribution in [-0.2, 0) is 11.2 Å². The number of hydrogen-bond donors (Lipinski definition) is 1. The summed E-state index contributed by atoms with van der Waals surface area (Å²) < 4.78 is 13.6. The van der Waals surface area contributed by atoms with E-state index < -0.39 is 0 Å². The fourth-order valence-electron chi connectivity index (χ4n) is 5.31. The molecule has 182 valence electrons. The highest BCUT2D eigenvalue weighted by molar-refractivity contribution is 5.95. The molecule has 34 heavy (non-hydrogen) atoms. The minimum atomic E-state index is -0.360. The highest BCUT2D eigenvalue weighted by Gasteiger charge is 2.37. The van der Waals surface area contributed by atoms with Crippen LogP contribution in [0.3, 0.4) is 0 Å². The lowest BCUT2D eigenvalue weighted by atomic mass is 9.94. The lowest BCUT2D eigenvalue weighted by Gasteiger charge is -2.40. The molecule has 1 heterocycles. The monoisotopic (exact) mass is 465 g/mol. The molecule has 0 bridgehead atoms. The zero-order chi connectivity index (χ0) is 23.9. The minimum Gasteiger partial charge on any atom is -0.336 e. The third kappa shape index (κ3) is 6.03. The van der Waals surface area contributed by atoms with Crippen LogP contribution in [0, 0.1) is 11.7 Å². The zero-order valence-corrected chi connectivity index (χ0v) is 20.1. The Labute approximate surface area is 202 Å². The first kappa shape index (κ1) is 24.4. The van der Waals surface area contributed by atoms with E-state index in [-0.39, 0.29) is 23.7 Å². The van der Waals surface area contributed by atoms with Crippen LogP contribution >= 0.6 is 0 Å². The first-order valence-electron chi connectivity index (χ1n) is 12.7. The predicted octanol–water partition coefficient (Wildman–Crippen LogP) is 5.12. The van der Waals surface area contributed by atoms with Gasteiger partial charge in [0, 0.05) is 37.4 Å². The molecule has 1 unspecified atom stereocenters. The molecule has 0 aromatic heterocycles. The Morgan fingerprint density at radius 1 is 1.03 bits per heavy atom. The first-order valence-corrected chi connectivity index (χ1v) is 12.7. The predicted molar refractivity (Wildman–Crippen MR) is 133 cm³/mol. The molecule has 5 nitrogen and oxygen atoms in total. The second kappa shape index (κ2) is 11.6. The molecule has 1 saturated carbocycles. The summed E-state index contributed by atoms with van der Waals surface area (Å²) >= 11 is 0. The highest BCUT2D eigenvalue weighted by Crippen LogP contribution is 2.32. The number of halogens is 1. The molecule has 2 aromatic carbocycles. The van der Waals surface area contributed by atoms with E-state index in [1.807, 2.05) is 17.0 Å². The maximum Gasteiger partial charge on any atom is 0.253 e. The summed E-state index contributed by atoms with van der Waals surface area (Å²) in [5.41, 5.74) is 2.49. The van der Waals surface area contributed by atoms with Gasteiger partial charge in [-0.25, -0.2) is 4.39 Å². The van der Waals surface area contributed by atoms with Crippen molar-refractivity contribution < 1.29 is 14.0 Å². The van der Waals surface area contributed by atoms with E-state index in [1.54, 1.807) is 12.1 Å². The van der Waals surface area contributed by atoms with Crippen LogP contribution in [0.1, 0.15) is 61.4 Å². The van der Waals surface area contributed by atoms with Crippen LogP contribution in [-0.4, -0.2) is 53.8 Å². The number of rotatable bonds is 8. The van der Waals surface area contributed by atoms with Gasteiger partial charge in [-0.1, -0.05) is 44.4 Å². The molecule has 2 amide bonds. The average molecular weight is 466 g/mol. The summed E-state index contributed by atoms with van der Waals surface area (Å²) in [6.07, 6.45) is 7.71. The van der Waals surface area contributed by atoms with Crippen molar-refractivity contribution in [3.05, 3.63) is 65.5 Å². The quantitative estimate of drug-likeness (QED) is 0.589. The van der Waals surface area contributed by atoms with Gasteiger partial charge in [-0.2, -0.15) is 0 Å². The molecule has 0 spiro atoms. The number of piperazine rings is 1. The second-order valence-electron chi connectivity index (χ2n) is 9.62. The van der Waals surface area contributed by atoms with Crippen LogP contribution in [0.4, 0.5) is 10.1 Å². The first-order chi connectivity index (χ1) is 16.5. The fourth-order valence-corrected chi connectivity index (χ4v) is 5.31. The molecule has 1 N–H and O–H groups in total. The zero-order valence-electron chi connectivity index (χ0n) is 20.1. The summed E-state index contributed by atoms with van der Waals surface area (Å²) in [6, 6.07) is 13.8. The molecular formula is C28H36FN3O2. The molecule has 2 aromatic rings. The van der Waals surface area contributed by atoms with Gasteiger partial charge in [0.25, 0.3) is 5.91 Å². The number of benzene rings is 2. The van der Waals surface area contributed by atoms with E-state index >= 15 is 0 Å². The Balaban J connectivity index is 1.38. The SMILES string of the molecule is CCCCc1ccc(C(=O)N2CCN(C(C(=O)Nc3cccc(F)c3)C3CCCC3)CC2)cc1. The molecule has 1 saturated heterocycles. The van der Waals surface area contributed by atoms with E-state index in [4.69, 9.17) is 0 Å². The van der Waals surface area contributed by atoms with E-state index in [1.165, 1.54) is 17.7 Å². The number of hydrogen-bond acceptors (Lipinski definition) is 3. The van der Waals surface area contributed by atoms with Crippen molar-refractivity contribution >= 4 is 17.5 Å². The number of carbonyl (C=O) groups excluding carboxylic acids is 2. The Kier molecular flexibility index (Phi) is 8.33. The summed E-state index contributed by atoms with van der Waals surface area (Å²) in [4.78, 5) is 30.5. The molecule has 2 aliphatic rings. The van der Waals surface area contributed by atoms with Gasteiger partial charge in [-0.05, 0) is 67.5 Å². The largest absolute Gasteiger partial charge is 0.336 e. The molecule has 2 fully saturated rings. The van der Waals surface area contributed by atoms with Gasteiger partial charge in [0.2, 0.25) is 5.91 Å². The smallest absolute Gasteiger partial charge is 0.253 e. The highest BCUT2D eigenvalue weighted by atomic mass is 19.1. The van der Waals surface area contributed by atoms with Crippen LogP contribution in [0.2, 0.25) is 0 Å². The number of carbonyl (C=O) groups is 2. The lowest BCUT2D eigenvalue weighted by Crippen LogP contribution is -2.56. The summed E-state index contributed by atoms with van der Waals surface area (Å²) in [6.45, 7) is 4.72. The van der Waals surface area contributed by atoms with Gasteiger partial charge < -0.3 is 10.2 Å². The molecule has 1 aliphatic carbocycles. The summed E-state index contributed by atoms with van der Waals surface area (Å²) in [7, 11) is 0. The fraction of sp³-hybridized carbons (Fsp3) is 0.500. The van der Waals surface area contributed by atoms with E-state index in [2.05, 4.69) is 29.3 Å². The van der Waals surface area contributed by atoms with Crippen LogP contribution < -0.4 is 5.32 Å². The molecule has 0 radical (unpaired) electrons. The number of aryl methyl sites for hydroxylation is 1. The summed E-state index contributed by atoms with van der Waals surface area (Å²) in [5, 5.41) is 2.94. The normalized spacial score (nSPS) is 18.1. The Morgan fingerprint density at radius 2 is 1.74 bits per heavy atom. The van der Waals surface area contributed by atoms with Crippen molar-refractivity contribution in [3.8, 4) is 0 Å². The Hall–Kier alpha value is -2.73. The number of anilines is 1. The van der Waals surface area contributed by atoms with E-state index in [9.17, 15) is 14.0 Å². The standard InChI is InChI=1S/C28H36FN3O2/c1-2-3-7-21-12-14-23(15-13-21)28(34)32-18-16-31(17-19-32)26(22-8-4-5-9-22)27(33)30-25-11-6-10-24(29)20-25/h6,10-15,20,22,26H,2-5,7-9,16-19H2,1H3,(H,30,33). The van der Waals surface area contributed by atoms with Crippen LogP contribution in [0.5, 0.6) is 0 Å². The number of unbranched alkanes of at least 4 members (excludes halogenated alkanes) is 1. The van der Waals surface area contributed by atoms with Gasteiger partial charge >= 0.3 is 0 Å². The van der Waals surface area contributed by atoms with Crippen molar-refractivity contribution in [1.82, 2.24) is 9.80 Å². The number of amides is 2. The Bertz CT molecular complexity index is 964. The third-order valence-electron chi connectivity index (χ3n) is 7.22. The maximum absolute atomic E-state index is 13.6. The van der Waals surface area contributed by atoms with Crippen molar-refractivity contribution in [1.29, 1.82) is 0 Å². The Morgan fingerprint density at radius 3 is 2.38 bits per heavy atom. The maximum atomic E-state index is 13.6. The van der Waals surface area contributed by atoms with Crippen molar-refractivity contribution in [3.63, 3.8) is 0 Å². The van der Waals surface area contributed by atoms with Gasteiger partial charge in [-0.3, -0.25) is 14.5 Å². The van der Waals surface area contributed by atoms with Crippen LogP contribution in [0.15, 0.2) is 48.5 Å². The van der Waals surface area contributed by atoms with Gasteiger partial charge in [-0.15, -0.1) is 0 Å². The molecule has 1 aliphatic heterocycles. The van der Waals surface area contributed by atoms with E-state index in [0.717, 1.165) is 50.5 Å². The number of nitrogens with zero attached hydrogens (tertiary/aromatic N) is 2. The molecule has 4 rings (SSSR count). The number of nitrogens with one attached hydrogen (secondary N) is 1. The van der Waals surface area contributed by atoms with E-state index in [0.29, 0.717) is 37.8 Å². The van der Waals surface area contributed by atoms with Gasteiger partial charge in [0.1, 0.15) is 5.82 Å². The molecule has 1 atom stereocenters. The van der Waals surface area contributed by atoms with Crippen molar-refractivity contribution in [2.75, 3.05) is 31.5 Å². The van der Waals surface area contributed by atoms with Gasteiger partial charge in [0.05, 0.1) is 6.04 Å². The summed E-state index contributed by atoms with van der Waals surface area (Å²) in [5.74, 6) is -0.0736. The lowest BCUT2D eigenvalue weighted by molar-refractivity contribution is -0.123. The van der Waals surface area contributed by atoms with Crippen molar-refractivity contribution in [2.45, 2.75) is 57.9 Å². The third-order valence-corrected chi connectivity index (χ3v) is 7.22. The molecular weight excluding hydrogens is 429 g/mol. The average Bonchev–Trinajstić information content (AvgIpc) is 3.37. The topological polar surface area (TPSA) is 52.7 Å².